The number of carbonyl (C=O) groups excluding carboxylic acids is 1. The third-order valence-electron chi connectivity index (χ3n) is 11.8. The van der Waals surface area contributed by atoms with Gasteiger partial charge in [-0.1, -0.05) is 20.8 Å². The largest absolute Gasteiger partial charge is 0.469 e. The zero-order chi connectivity index (χ0) is 32.2. The summed E-state index contributed by atoms with van der Waals surface area (Å²) in [5, 5.41) is 4.77. The molecule has 0 N–H and O–H groups in total. The molecule has 10 atom stereocenters. The Morgan fingerprint density at radius 1 is 0.930 bits per heavy atom. The summed E-state index contributed by atoms with van der Waals surface area (Å²) in [6.07, 6.45) is 9.99. The molecule has 248 valence electrons. The van der Waals surface area contributed by atoms with Crippen molar-refractivity contribution < 1.29 is 22.9 Å². The van der Waals surface area contributed by atoms with Crippen LogP contribution in [0.1, 0.15) is 78.6 Å². The van der Waals surface area contributed by atoms with Gasteiger partial charge in [0.15, 0.2) is 16.6 Å². The Kier molecular flexibility index (Phi) is 10.4. The molecule has 7 unspecified atom stereocenters. The number of hydrogen-bond donors (Lipinski definition) is 0. The molecule has 43 heavy (non-hydrogen) atoms. The summed E-state index contributed by atoms with van der Waals surface area (Å²) >= 11 is 0. The third kappa shape index (κ3) is 7.74. The number of esters is 1. The van der Waals surface area contributed by atoms with E-state index in [1.165, 1.54) is 32.1 Å². The Balaban J connectivity index is 1.73. The maximum Gasteiger partial charge on any atom is 0.305 e. The van der Waals surface area contributed by atoms with E-state index < -0.39 is 25.0 Å². The molecule has 0 aromatic heterocycles. The van der Waals surface area contributed by atoms with Crippen LogP contribution in [0.2, 0.25) is 58.9 Å². The van der Waals surface area contributed by atoms with Crippen LogP contribution < -0.4 is 0 Å². The lowest BCUT2D eigenvalue weighted by molar-refractivity contribution is -0.189. The number of methoxy groups -OCH3 is 1. The molecule has 0 amide bonds. The zero-order valence-electron chi connectivity index (χ0n) is 30.0. The summed E-state index contributed by atoms with van der Waals surface area (Å²) in [5.74, 6) is 3.23. The van der Waals surface area contributed by atoms with Crippen molar-refractivity contribution in [1.82, 2.24) is 0 Å². The molecular formula is C34H65NO5Si3. The topological polar surface area (TPSA) is 66.4 Å². The molecule has 0 radical (unpaired) electrons. The van der Waals surface area contributed by atoms with Gasteiger partial charge < -0.3 is 18.1 Å². The summed E-state index contributed by atoms with van der Waals surface area (Å²) in [7, 11) is -3.78. The van der Waals surface area contributed by atoms with Gasteiger partial charge in [0.1, 0.15) is 0 Å². The van der Waals surface area contributed by atoms with Crippen LogP contribution >= 0.6 is 0 Å². The minimum absolute atomic E-state index is 0.0875. The van der Waals surface area contributed by atoms with Gasteiger partial charge in [-0.2, -0.15) is 0 Å². The van der Waals surface area contributed by atoms with E-state index in [2.05, 4.69) is 79.7 Å². The molecule has 0 saturated heterocycles. The fourth-order valence-electron chi connectivity index (χ4n) is 10.0. The maximum absolute atomic E-state index is 12.1. The van der Waals surface area contributed by atoms with E-state index in [0.29, 0.717) is 48.0 Å². The van der Waals surface area contributed by atoms with Gasteiger partial charge in [-0.25, -0.2) is 0 Å². The van der Waals surface area contributed by atoms with Crippen LogP contribution in [0.4, 0.5) is 0 Å². The van der Waals surface area contributed by atoms with E-state index in [9.17, 15) is 4.79 Å². The van der Waals surface area contributed by atoms with E-state index >= 15 is 0 Å². The van der Waals surface area contributed by atoms with Gasteiger partial charge in [0.05, 0.1) is 18.9 Å². The highest BCUT2D eigenvalue weighted by molar-refractivity contribution is 6.70. The van der Waals surface area contributed by atoms with Gasteiger partial charge in [-0.3, -0.25) is 4.79 Å². The van der Waals surface area contributed by atoms with Crippen LogP contribution in [0.15, 0.2) is 5.16 Å². The molecule has 4 saturated carbocycles. The second-order valence-corrected chi connectivity index (χ2v) is 31.5. The van der Waals surface area contributed by atoms with Crippen LogP contribution in [0, 0.1) is 46.3 Å². The van der Waals surface area contributed by atoms with E-state index in [4.69, 9.17) is 23.3 Å². The Bertz CT molecular complexity index is 1030. The van der Waals surface area contributed by atoms with Gasteiger partial charge in [-0.15, -0.1) is 5.16 Å². The highest BCUT2D eigenvalue weighted by Crippen LogP contribution is 2.69. The Labute approximate surface area is 267 Å². The molecule has 0 heterocycles. The summed E-state index contributed by atoms with van der Waals surface area (Å²) in [6, 6.07) is 0. The average Bonchev–Trinajstić information content (AvgIpc) is 3.22. The normalized spacial score (nSPS) is 39.9. The fraction of sp³-hybridized carbons (Fsp3) is 0.941. The molecule has 0 spiro atoms. The molecule has 4 aliphatic carbocycles. The number of fused-ring (bicyclic) bond motifs is 5. The van der Waals surface area contributed by atoms with Crippen LogP contribution in [0.25, 0.3) is 0 Å². The SMILES string of the molecule is COC(=O)CCC(C)C1CCC2C3C(C[C@H](O[Si](C)(C)C)C12C)C1(C)CC/C(=N/O[Si](C)(C)C)C[C@H]1C[C@H]3O[Si](C)(C)C. The molecule has 0 aromatic carbocycles. The Morgan fingerprint density at radius 2 is 1.58 bits per heavy atom. The van der Waals surface area contributed by atoms with Crippen molar-refractivity contribution in [3.8, 4) is 0 Å². The highest BCUT2D eigenvalue weighted by atomic mass is 28.4. The van der Waals surface area contributed by atoms with Gasteiger partial charge >= 0.3 is 5.97 Å². The van der Waals surface area contributed by atoms with Crippen molar-refractivity contribution in [1.29, 1.82) is 0 Å². The summed E-state index contributed by atoms with van der Waals surface area (Å²) in [5.41, 5.74) is 1.62. The molecule has 0 aromatic rings. The van der Waals surface area contributed by atoms with E-state index in [1.54, 1.807) is 0 Å². The van der Waals surface area contributed by atoms with Crippen molar-refractivity contribution in [2.45, 2.75) is 150 Å². The minimum atomic E-state index is -1.81. The highest BCUT2D eigenvalue weighted by Gasteiger charge is 2.67. The lowest BCUT2D eigenvalue weighted by atomic mass is 9.43. The quantitative estimate of drug-likeness (QED) is 0.134. The first-order valence-electron chi connectivity index (χ1n) is 17.3. The molecule has 0 bridgehead atoms. The number of rotatable bonds is 10. The maximum atomic E-state index is 12.1. The first-order valence-corrected chi connectivity index (χ1v) is 27.6. The molecule has 4 aliphatic rings. The van der Waals surface area contributed by atoms with Crippen molar-refractivity contribution >= 4 is 36.6 Å². The van der Waals surface area contributed by atoms with Crippen molar-refractivity contribution in [3.63, 3.8) is 0 Å². The number of hydrogen-bond acceptors (Lipinski definition) is 6. The lowest BCUT2D eigenvalue weighted by Gasteiger charge is -2.65. The zero-order valence-corrected chi connectivity index (χ0v) is 33.0. The van der Waals surface area contributed by atoms with E-state index in [0.717, 1.165) is 32.1 Å². The molecule has 6 nitrogen and oxygen atoms in total. The second-order valence-electron chi connectivity index (χ2n) is 18.2. The van der Waals surface area contributed by atoms with Crippen LogP contribution in [0.3, 0.4) is 0 Å². The fourth-order valence-corrected chi connectivity index (χ4v) is 12.8. The first-order chi connectivity index (χ1) is 19.7. The summed E-state index contributed by atoms with van der Waals surface area (Å²) in [4.78, 5) is 12.1. The molecule has 9 heteroatoms. The van der Waals surface area contributed by atoms with Crippen LogP contribution in [-0.4, -0.2) is 56.0 Å². The Hall–Kier alpha value is -0.489. The predicted octanol–water partition coefficient (Wildman–Crippen LogP) is 9.10. The van der Waals surface area contributed by atoms with E-state index in [-0.39, 0.29) is 22.9 Å². The molecule has 4 fully saturated rings. The smallest absolute Gasteiger partial charge is 0.305 e. The third-order valence-corrected chi connectivity index (χ3v) is 14.4. The van der Waals surface area contributed by atoms with Gasteiger partial charge in [0.25, 0.3) is 8.32 Å². The molecular weight excluding hydrogens is 587 g/mol. The van der Waals surface area contributed by atoms with Crippen LogP contribution in [0.5, 0.6) is 0 Å². The number of oxime groups is 1. The lowest BCUT2D eigenvalue weighted by Crippen LogP contribution is -2.64. The van der Waals surface area contributed by atoms with Crippen molar-refractivity contribution in [2.75, 3.05) is 7.11 Å². The molecule has 4 rings (SSSR count). The van der Waals surface area contributed by atoms with Gasteiger partial charge in [-0.05, 0) is 157 Å². The first kappa shape index (κ1) is 35.4. The summed E-state index contributed by atoms with van der Waals surface area (Å²) in [6.45, 7) is 28.5. The Morgan fingerprint density at radius 3 is 2.16 bits per heavy atom. The number of carbonyl (C=O) groups is 1. The molecule has 0 aliphatic heterocycles. The number of nitrogens with zero attached hydrogens (tertiary/aromatic N) is 1. The monoisotopic (exact) mass is 651 g/mol. The number of ether oxygens (including phenoxy) is 1. The van der Waals surface area contributed by atoms with Gasteiger partial charge in [0.2, 0.25) is 0 Å². The standard InChI is InChI=1S/C34H65NO5Si3/c1-23(14-17-31(36)37-4)26-15-16-27-32-28(22-30(34(26,27)3)39-42(8,9)10)33(2)19-18-25(35-40-43(11,12)13)20-24(33)21-29(32)38-41(5,6)7/h23-24,26-30,32H,14-22H2,1-13H3/b35-25-/t23?,24-,26?,27?,28?,29+,30-,32?,33?,34?/m0/s1. The van der Waals surface area contributed by atoms with Crippen LogP contribution in [-0.2, 0) is 22.9 Å². The van der Waals surface area contributed by atoms with Gasteiger partial charge in [0, 0.05) is 12.5 Å². The predicted molar refractivity (Wildman–Crippen MR) is 185 cm³/mol. The van der Waals surface area contributed by atoms with Crippen molar-refractivity contribution in [3.05, 3.63) is 0 Å². The van der Waals surface area contributed by atoms with E-state index in [1.807, 2.05) is 0 Å². The minimum Gasteiger partial charge on any atom is -0.469 e. The summed E-state index contributed by atoms with van der Waals surface area (Å²) < 4.78 is 25.7. The van der Waals surface area contributed by atoms with Crippen molar-refractivity contribution in [2.24, 2.45) is 51.5 Å². The second kappa shape index (κ2) is 12.6. The average molecular weight is 652 g/mol.